The van der Waals surface area contributed by atoms with E-state index in [4.69, 9.17) is 15.5 Å². The summed E-state index contributed by atoms with van der Waals surface area (Å²) in [5, 5.41) is 6.04. The molecular formula is C27H41N5O3. The molecule has 192 valence electrons. The molecule has 4 rings (SSSR count). The molecule has 2 saturated carbocycles. The fourth-order valence-corrected chi connectivity index (χ4v) is 6.25. The number of rotatable bonds is 8. The minimum absolute atomic E-state index is 0.0369. The van der Waals surface area contributed by atoms with E-state index in [-0.39, 0.29) is 18.0 Å². The van der Waals surface area contributed by atoms with Gasteiger partial charge in [-0.1, -0.05) is 57.1 Å². The van der Waals surface area contributed by atoms with Crippen LogP contribution in [0.15, 0.2) is 29.3 Å². The standard InChI is InChI=1S/C27H41N5O3/c1-32-24(33)27(31-25(32)28,16-15-19-9-4-3-5-10-19)18-20-11-8-12-21(17-20)29-26(34)30-22-13-6-7-14-23(22)35-2/h6-7,13-14,19-21H,3-5,8-12,15-18H2,1-2H3,(H2,28,31)(H2,29,30,34)/t20-,21+,27+/m0/s1. The topological polar surface area (TPSA) is 109 Å². The fourth-order valence-electron chi connectivity index (χ4n) is 6.25. The van der Waals surface area contributed by atoms with Crippen molar-refractivity contribution in [3.05, 3.63) is 24.3 Å². The molecule has 2 fully saturated rings. The van der Waals surface area contributed by atoms with Gasteiger partial charge in [0.2, 0.25) is 0 Å². The van der Waals surface area contributed by atoms with Crippen LogP contribution in [0.3, 0.4) is 0 Å². The zero-order chi connectivity index (χ0) is 24.8. The van der Waals surface area contributed by atoms with Crippen molar-refractivity contribution in [3.63, 3.8) is 0 Å². The Labute approximate surface area is 209 Å². The monoisotopic (exact) mass is 483 g/mol. The molecule has 8 nitrogen and oxygen atoms in total. The second kappa shape index (κ2) is 11.3. The number of carbonyl (C=O) groups excluding carboxylic acids is 2. The molecule has 2 aliphatic carbocycles. The number of hydrogen-bond acceptors (Lipinski definition) is 5. The maximum atomic E-state index is 13.3. The largest absolute Gasteiger partial charge is 0.495 e. The van der Waals surface area contributed by atoms with Gasteiger partial charge in [0, 0.05) is 13.1 Å². The Balaban J connectivity index is 1.37. The van der Waals surface area contributed by atoms with Crippen LogP contribution in [0.5, 0.6) is 5.75 Å². The van der Waals surface area contributed by atoms with Gasteiger partial charge in [0.1, 0.15) is 11.3 Å². The van der Waals surface area contributed by atoms with Crippen LogP contribution in [0.25, 0.3) is 0 Å². The van der Waals surface area contributed by atoms with Gasteiger partial charge in [-0.2, -0.15) is 0 Å². The maximum absolute atomic E-state index is 13.3. The van der Waals surface area contributed by atoms with Crippen molar-refractivity contribution >= 4 is 23.6 Å². The molecule has 0 radical (unpaired) electrons. The third kappa shape index (κ3) is 6.08. The number of hydrogen-bond donors (Lipinski definition) is 3. The third-order valence-corrected chi connectivity index (χ3v) is 8.17. The first kappa shape index (κ1) is 25.3. The van der Waals surface area contributed by atoms with Gasteiger partial charge in [-0.05, 0) is 56.1 Å². The maximum Gasteiger partial charge on any atom is 0.319 e. The first-order valence-corrected chi connectivity index (χ1v) is 13.2. The van der Waals surface area contributed by atoms with Crippen molar-refractivity contribution in [1.82, 2.24) is 10.2 Å². The van der Waals surface area contributed by atoms with E-state index in [1.54, 1.807) is 14.2 Å². The first-order chi connectivity index (χ1) is 16.9. The molecule has 8 heteroatoms. The van der Waals surface area contributed by atoms with E-state index < -0.39 is 5.54 Å². The van der Waals surface area contributed by atoms with E-state index in [0.717, 1.165) is 38.5 Å². The zero-order valence-corrected chi connectivity index (χ0v) is 21.2. The Morgan fingerprint density at radius 3 is 2.60 bits per heavy atom. The van der Waals surface area contributed by atoms with Gasteiger partial charge >= 0.3 is 6.03 Å². The summed E-state index contributed by atoms with van der Waals surface area (Å²) in [7, 11) is 3.32. The number of guanidine groups is 1. The highest BCUT2D eigenvalue weighted by Crippen LogP contribution is 2.40. The summed E-state index contributed by atoms with van der Waals surface area (Å²) in [5.74, 6) is 2.01. The summed E-state index contributed by atoms with van der Waals surface area (Å²) in [4.78, 5) is 32.4. The molecular weight excluding hydrogens is 442 g/mol. The van der Waals surface area contributed by atoms with Gasteiger partial charge in [-0.15, -0.1) is 0 Å². The van der Waals surface area contributed by atoms with Crippen LogP contribution >= 0.6 is 0 Å². The van der Waals surface area contributed by atoms with Crippen molar-refractivity contribution in [3.8, 4) is 5.75 Å². The second-order valence-corrected chi connectivity index (χ2v) is 10.6. The average molecular weight is 484 g/mol. The lowest BCUT2D eigenvalue weighted by Crippen LogP contribution is -2.45. The van der Waals surface area contributed by atoms with E-state index in [9.17, 15) is 9.59 Å². The Bertz CT molecular complexity index is 929. The number of likely N-dealkylation sites (N-methyl/N-ethyl adjacent to an activating group) is 1. The van der Waals surface area contributed by atoms with E-state index >= 15 is 0 Å². The van der Waals surface area contributed by atoms with Gasteiger partial charge in [0.15, 0.2) is 5.96 Å². The number of para-hydroxylation sites is 2. The van der Waals surface area contributed by atoms with Crippen LogP contribution in [0.2, 0.25) is 0 Å². The quantitative estimate of drug-likeness (QED) is 0.500. The SMILES string of the molecule is COc1ccccc1NC(=O)N[C@@H]1CCC[C@H](C[C@@]2(CCC3CCCCC3)N=C(N)N(C)C2=O)C1. The highest BCUT2D eigenvalue weighted by Gasteiger charge is 2.48. The summed E-state index contributed by atoms with van der Waals surface area (Å²) in [6.07, 6.45) is 12.8. The smallest absolute Gasteiger partial charge is 0.319 e. The van der Waals surface area contributed by atoms with Crippen LogP contribution in [-0.2, 0) is 4.79 Å². The minimum Gasteiger partial charge on any atom is -0.495 e. The Hall–Kier alpha value is -2.77. The summed E-state index contributed by atoms with van der Waals surface area (Å²) < 4.78 is 5.33. The van der Waals surface area contributed by atoms with Crippen LogP contribution < -0.4 is 21.1 Å². The predicted molar refractivity (Wildman–Crippen MR) is 138 cm³/mol. The molecule has 3 amide bonds. The predicted octanol–water partition coefficient (Wildman–Crippen LogP) is 4.65. The van der Waals surface area contributed by atoms with Crippen LogP contribution in [0.1, 0.15) is 77.0 Å². The van der Waals surface area contributed by atoms with E-state index in [2.05, 4.69) is 10.6 Å². The van der Waals surface area contributed by atoms with Gasteiger partial charge in [0.25, 0.3) is 5.91 Å². The summed E-state index contributed by atoms with van der Waals surface area (Å²) >= 11 is 0. The number of benzene rings is 1. The highest BCUT2D eigenvalue weighted by atomic mass is 16.5. The highest BCUT2D eigenvalue weighted by molar-refractivity contribution is 6.06. The van der Waals surface area contributed by atoms with Crippen LogP contribution in [0, 0.1) is 11.8 Å². The molecule has 0 aromatic heterocycles. The number of methoxy groups -OCH3 is 1. The normalized spacial score (nSPS) is 27.4. The molecule has 1 aromatic rings. The Morgan fingerprint density at radius 1 is 1.14 bits per heavy atom. The van der Waals surface area contributed by atoms with Crippen molar-refractivity contribution in [2.45, 2.75) is 88.6 Å². The molecule has 0 saturated heterocycles. The fraction of sp³-hybridized carbons (Fsp3) is 0.667. The van der Waals surface area contributed by atoms with Crippen molar-refractivity contribution in [2.24, 2.45) is 22.6 Å². The summed E-state index contributed by atoms with van der Waals surface area (Å²) in [6.45, 7) is 0. The Morgan fingerprint density at radius 2 is 1.89 bits per heavy atom. The van der Waals surface area contributed by atoms with Gasteiger partial charge in [0.05, 0.1) is 12.8 Å². The van der Waals surface area contributed by atoms with Crippen LogP contribution in [-0.4, -0.2) is 48.5 Å². The van der Waals surface area contributed by atoms with Crippen molar-refractivity contribution in [1.29, 1.82) is 0 Å². The molecule has 1 aliphatic heterocycles. The number of urea groups is 1. The number of ether oxygens (including phenoxy) is 1. The molecule has 3 atom stereocenters. The number of carbonyl (C=O) groups is 2. The molecule has 0 spiro atoms. The van der Waals surface area contributed by atoms with E-state index in [1.807, 2.05) is 24.3 Å². The zero-order valence-electron chi connectivity index (χ0n) is 21.2. The number of aliphatic imine (C=N–C) groups is 1. The summed E-state index contributed by atoms with van der Waals surface area (Å²) in [5.41, 5.74) is 6.02. The molecule has 1 aromatic carbocycles. The van der Waals surface area contributed by atoms with Gasteiger partial charge in [-0.3, -0.25) is 9.69 Å². The molecule has 35 heavy (non-hydrogen) atoms. The lowest BCUT2D eigenvalue weighted by atomic mass is 9.74. The first-order valence-electron chi connectivity index (χ1n) is 13.2. The summed E-state index contributed by atoms with van der Waals surface area (Å²) in [6, 6.07) is 7.21. The lowest BCUT2D eigenvalue weighted by Gasteiger charge is -2.35. The van der Waals surface area contributed by atoms with Gasteiger partial charge < -0.3 is 21.1 Å². The van der Waals surface area contributed by atoms with E-state index in [1.165, 1.54) is 37.0 Å². The molecule has 0 unspecified atom stereocenters. The minimum atomic E-state index is -0.748. The molecule has 4 N–H and O–H groups in total. The number of nitrogens with two attached hydrogens (primary N) is 1. The Kier molecular flexibility index (Phi) is 8.19. The number of anilines is 1. The lowest BCUT2D eigenvalue weighted by molar-refractivity contribution is -0.131. The van der Waals surface area contributed by atoms with E-state index in [0.29, 0.717) is 35.7 Å². The molecule has 1 heterocycles. The number of nitrogens with zero attached hydrogens (tertiary/aromatic N) is 2. The van der Waals surface area contributed by atoms with Crippen molar-refractivity contribution < 1.29 is 14.3 Å². The number of amides is 3. The average Bonchev–Trinajstić information content (AvgIpc) is 3.07. The number of nitrogens with one attached hydrogen (secondary N) is 2. The van der Waals surface area contributed by atoms with Gasteiger partial charge in [-0.25, -0.2) is 9.79 Å². The molecule has 0 bridgehead atoms. The molecule has 3 aliphatic rings. The second-order valence-electron chi connectivity index (χ2n) is 10.6. The van der Waals surface area contributed by atoms with Crippen LogP contribution in [0.4, 0.5) is 10.5 Å². The third-order valence-electron chi connectivity index (χ3n) is 8.17. The van der Waals surface area contributed by atoms with Crippen molar-refractivity contribution in [2.75, 3.05) is 19.5 Å².